The average molecular weight is 399 g/mol. The van der Waals surface area contributed by atoms with Crippen molar-refractivity contribution in [1.29, 1.82) is 0 Å². The Morgan fingerprint density at radius 2 is 1.93 bits per heavy atom. The number of aromatic nitrogens is 3. The van der Waals surface area contributed by atoms with Gasteiger partial charge < -0.3 is 9.67 Å². The van der Waals surface area contributed by atoms with E-state index < -0.39 is 5.97 Å². The smallest absolute Gasteiger partial charge is 0.335 e. The molecule has 7 heteroatoms. The zero-order valence-electron chi connectivity index (χ0n) is 15.9. The summed E-state index contributed by atoms with van der Waals surface area (Å²) in [5, 5.41) is 9.87. The molecule has 1 N–H and O–H groups in total. The first-order chi connectivity index (χ1) is 13.4. The number of pyridine rings is 1. The molecule has 2 aromatic heterocycles. The first-order valence-electron chi connectivity index (χ1n) is 9.12. The number of carboxylic acid groups (broad SMARTS) is 1. The third kappa shape index (κ3) is 5.18. The fourth-order valence-electron chi connectivity index (χ4n) is 2.91. The first-order valence-corrected chi connectivity index (χ1v) is 9.50. The second-order valence-electron chi connectivity index (χ2n) is 6.92. The van der Waals surface area contributed by atoms with Crippen LogP contribution in [0.2, 0.25) is 5.02 Å². The zero-order chi connectivity index (χ0) is 20.1. The maximum atomic E-state index is 11.1. The molecule has 6 nitrogen and oxygen atoms in total. The van der Waals surface area contributed by atoms with Gasteiger partial charge in [0, 0.05) is 43.1 Å². The van der Waals surface area contributed by atoms with Gasteiger partial charge >= 0.3 is 5.97 Å². The van der Waals surface area contributed by atoms with Crippen molar-refractivity contribution in [2.45, 2.75) is 33.0 Å². The molecule has 3 rings (SSSR count). The SMILES string of the molecule is CC(C)N(CCn1cnc(-c2cc(C(=O)O)ccn2)c1)Cc1ccc(Cl)cc1. The molecule has 0 unspecified atom stereocenters. The lowest BCUT2D eigenvalue weighted by Crippen LogP contribution is -2.33. The second kappa shape index (κ2) is 8.99. The summed E-state index contributed by atoms with van der Waals surface area (Å²) in [6, 6.07) is 11.3. The molecule has 0 saturated heterocycles. The van der Waals surface area contributed by atoms with E-state index in [9.17, 15) is 4.79 Å². The van der Waals surface area contributed by atoms with Crippen LogP contribution < -0.4 is 0 Å². The van der Waals surface area contributed by atoms with Crippen LogP contribution in [0, 0.1) is 0 Å². The molecular formula is C21H23ClN4O2. The van der Waals surface area contributed by atoms with Crippen LogP contribution in [0.3, 0.4) is 0 Å². The van der Waals surface area contributed by atoms with E-state index >= 15 is 0 Å². The standard InChI is InChI=1S/C21H23ClN4O2/c1-15(2)26(12-16-3-5-18(22)6-4-16)10-9-25-13-20(24-14-25)19-11-17(21(27)28)7-8-23-19/h3-8,11,13-15H,9-10,12H2,1-2H3,(H,27,28). The Bertz CT molecular complexity index is 938. The summed E-state index contributed by atoms with van der Waals surface area (Å²) in [5.74, 6) is -0.974. The van der Waals surface area contributed by atoms with E-state index in [4.69, 9.17) is 16.7 Å². The molecule has 1 aromatic carbocycles. The van der Waals surface area contributed by atoms with E-state index in [1.807, 2.05) is 35.0 Å². The number of carboxylic acids is 1. The van der Waals surface area contributed by atoms with Crippen molar-refractivity contribution >= 4 is 17.6 Å². The van der Waals surface area contributed by atoms with E-state index in [-0.39, 0.29) is 5.56 Å². The van der Waals surface area contributed by atoms with Crippen LogP contribution in [0.4, 0.5) is 0 Å². The molecule has 2 heterocycles. The highest BCUT2D eigenvalue weighted by Crippen LogP contribution is 2.17. The van der Waals surface area contributed by atoms with E-state index in [1.54, 1.807) is 6.33 Å². The summed E-state index contributed by atoms with van der Waals surface area (Å²) in [7, 11) is 0. The molecule has 0 fully saturated rings. The minimum Gasteiger partial charge on any atom is -0.478 e. The van der Waals surface area contributed by atoms with Crippen molar-refractivity contribution in [3.05, 3.63) is 71.3 Å². The van der Waals surface area contributed by atoms with Crippen molar-refractivity contribution in [3.8, 4) is 11.4 Å². The highest BCUT2D eigenvalue weighted by Gasteiger charge is 2.12. The average Bonchev–Trinajstić information content (AvgIpc) is 3.15. The molecule has 0 bridgehead atoms. The van der Waals surface area contributed by atoms with E-state index in [0.717, 1.165) is 24.7 Å². The molecule has 0 spiro atoms. The quantitative estimate of drug-likeness (QED) is 0.615. The number of aromatic carboxylic acids is 1. The van der Waals surface area contributed by atoms with Gasteiger partial charge in [0.1, 0.15) is 5.69 Å². The van der Waals surface area contributed by atoms with Crippen molar-refractivity contribution < 1.29 is 9.90 Å². The Morgan fingerprint density at radius 1 is 1.18 bits per heavy atom. The molecule has 0 radical (unpaired) electrons. The van der Waals surface area contributed by atoms with E-state index in [0.29, 0.717) is 17.4 Å². The third-order valence-electron chi connectivity index (χ3n) is 4.58. The predicted octanol–water partition coefficient (Wildman–Crippen LogP) is 4.21. The van der Waals surface area contributed by atoms with Gasteiger partial charge in [-0.25, -0.2) is 9.78 Å². The van der Waals surface area contributed by atoms with Gasteiger partial charge in [0.15, 0.2) is 0 Å². The van der Waals surface area contributed by atoms with Crippen molar-refractivity contribution in [3.63, 3.8) is 0 Å². The first kappa shape index (κ1) is 20.0. The largest absolute Gasteiger partial charge is 0.478 e. The van der Waals surface area contributed by atoms with E-state index in [2.05, 4.69) is 28.7 Å². The Hall–Kier alpha value is -2.70. The summed E-state index contributed by atoms with van der Waals surface area (Å²) in [6.07, 6.45) is 5.14. The Balaban J connectivity index is 1.65. The van der Waals surface area contributed by atoms with Crippen LogP contribution >= 0.6 is 11.6 Å². The van der Waals surface area contributed by atoms with Crippen LogP contribution in [0.1, 0.15) is 29.8 Å². The van der Waals surface area contributed by atoms with Crippen LogP contribution in [0.25, 0.3) is 11.4 Å². The Kier molecular flexibility index (Phi) is 6.44. The molecule has 28 heavy (non-hydrogen) atoms. The molecular weight excluding hydrogens is 376 g/mol. The predicted molar refractivity (Wildman–Crippen MR) is 109 cm³/mol. The van der Waals surface area contributed by atoms with Gasteiger partial charge in [0.25, 0.3) is 0 Å². The van der Waals surface area contributed by atoms with Crippen LogP contribution in [0.15, 0.2) is 55.1 Å². The van der Waals surface area contributed by atoms with Crippen molar-refractivity contribution in [2.75, 3.05) is 6.54 Å². The fraction of sp³-hybridized carbons (Fsp3) is 0.286. The van der Waals surface area contributed by atoms with Crippen LogP contribution in [-0.4, -0.2) is 43.1 Å². The summed E-state index contributed by atoms with van der Waals surface area (Å²) in [5.41, 5.74) is 2.64. The van der Waals surface area contributed by atoms with Gasteiger partial charge in [-0.1, -0.05) is 23.7 Å². The minimum absolute atomic E-state index is 0.202. The highest BCUT2D eigenvalue weighted by atomic mass is 35.5. The fourth-order valence-corrected chi connectivity index (χ4v) is 3.03. The third-order valence-corrected chi connectivity index (χ3v) is 4.83. The minimum atomic E-state index is -0.974. The normalized spacial score (nSPS) is 11.3. The van der Waals surface area contributed by atoms with E-state index in [1.165, 1.54) is 23.9 Å². The number of nitrogens with zero attached hydrogens (tertiary/aromatic N) is 4. The van der Waals surface area contributed by atoms with Gasteiger partial charge in [-0.05, 0) is 43.7 Å². The lowest BCUT2D eigenvalue weighted by atomic mass is 10.2. The lowest BCUT2D eigenvalue weighted by molar-refractivity contribution is 0.0697. The second-order valence-corrected chi connectivity index (χ2v) is 7.36. The molecule has 0 saturated carbocycles. The monoisotopic (exact) mass is 398 g/mol. The highest BCUT2D eigenvalue weighted by molar-refractivity contribution is 6.30. The number of benzene rings is 1. The number of imidazole rings is 1. The molecule has 0 amide bonds. The van der Waals surface area contributed by atoms with Gasteiger partial charge in [0.05, 0.1) is 17.6 Å². The Labute approximate surface area is 169 Å². The summed E-state index contributed by atoms with van der Waals surface area (Å²) in [6.45, 7) is 6.84. The van der Waals surface area contributed by atoms with Crippen molar-refractivity contribution in [2.24, 2.45) is 0 Å². The molecule has 0 aliphatic carbocycles. The van der Waals surface area contributed by atoms with Gasteiger partial charge in [-0.15, -0.1) is 0 Å². The summed E-state index contributed by atoms with van der Waals surface area (Å²) < 4.78 is 2.00. The number of hydrogen-bond donors (Lipinski definition) is 1. The zero-order valence-corrected chi connectivity index (χ0v) is 16.7. The molecule has 0 atom stereocenters. The molecule has 0 aliphatic heterocycles. The Morgan fingerprint density at radius 3 is 2.61 bits per heavy atom. The van der Waals surface area contributed by atoms with Crippen LogP contribution in [-0.2, 0) is 13.1 Å². The van der Waals surface area contributed by atoms with Crippen LogP contribution in [0.5, 0.6) is 0 Å². The number of hydrogen-bond acceptors (Lipinski definition) is 4. The number of halogens is 1. The molecule has 146 valence electrons. The van der Waals surface area contributed by atoms with Gasteiger partial charge in [-0.3, -0.25) is 9.88 Å². The summed E-state index contributed by atoms with van der Waals surface area (Å²) in [4.78, 5) is 22.1. The maximum Gasteiger partial charge on any atom is 0.335 e. The molecule has 3 aromatic rings. The topological polar surface area (TPSA) is 71.2 Å². The van der Waals surface area contributed by atoms with Crippen molar-refractivity contribution in [1.82, 2.24) is 19.4 Å². The number of rotatable bonds is 8. The molecule has 0 aliphatic rings. The maximum absolute atomic E-state index is 11.1. The number of carbonyl (C=O) groups is 1. The summed E-state index contributed by atoms with van der Waals surface area (Å²) >= 11 is 5.97. The van der Waals surface area contributed by atoms with Gasteiger partial charge in [-0.2, -0.15) is 0 Å². The lowest BCUT2D eigenvalue weighted by Gasteiger charge is -2.26. The van der Waals surface area contributed by atoms with Gasteiger partial charge in [0.2, 0.25) is 0 Å².